The first kappa shape index (κ1) is 15.5. The largest absolute Gasteiger partial charge is 0.347 e. The second kappa shape index (κ2) is 6.45. The van der Waals surface area contributed by atoms with Crippen molar-refractivity contribution in [3.8, 4) is 0 Å². The van der Waals surface area contributed by atoms with Crippen LogP contribution < -0.4 is 4.90 Å². The highest BCUT2D eigenvalue weighted by molar-refractivity contribution is 7.22. The molecule has 4 aromatic rings. The summed E-state index contributed by atoms with van der Waals surface area (Å²) in [5, 5.41) is 0.518. The minimum Gasteiger partial charge on any atom is -0.347 e. The number of carbonyl (C=O) groups excluding carboxylic acids is 1. The van der Waals surface area contributed by atoms with Crippen molar-refractivity contribution in [3.05, 3.63) is 78.1 Å². The van der Waals surface area contributed by atoms with Gasteiger partial charge in [0.05, 0.1) is 28.8 Å². The van der Waals surface area contributed by atoms with Crippen LogP contribution in [-0.4, -0.2) is 20.9 Å². The van der Waals surface area contributed by atoms with Gasteiger partial charge in [-0.2, -0.15) is 0 Å². The number of benzene rings is 2. The number of thiazole rings is 1. The van der Waals surface area contributed by atoms with Crippen molar-refractivity contribution < 1.29 is 9.18 Å². The molecule has 1 amide bonds. The van der Waals surface area contributed by atoms with Crippen LogP contribution in [0.25, 0.3) is 10.2 Å². The predicted molar refractivity (Wildman–Crippen MR) is 95.1 cm³/mol. The Morgan fingerprint density at radius 1 is 1.20 bits per heavy atom. The smallest absolute Gasteiger partial charge is 0.260 e. The maximum Gasteiger partial charge on any atom is 0.260 e. The van der Waals surface area contributed by atoms with Crippen LogP contribution in [0, 0.1) is 5.82 Å². The molecule has 0 aliphatic carbocycles. The molecule has 0 aliphatic rings. The van der Waals surface area contributed by atoms with Gasteiger partial charge >= 0.3 is 0 Å². The number of imidazole rings is 1. The van der Waals surface area contributed by atoms with Crippen molar-refractivity contribution in [3.63, 3.8) is 0 Å². The highest BCUT2D eigenvalue weighted by atomic mass is 32.1. The fourth-order valence-corrected chi connectivity index (χ4v) is 3.49. The number of nitrogens with one attached hydrogen (secondary N) is 1. The SMILES string of the molecule is O=C(c1ccccc1)N(Cc1cnc[nH]1)c1nc2ccc(F)cc2s1. The van der Waals surface area contributed by atoms with Crippen LogP contribution in [0.1, 0.15) is 16.1 Å². The van der Waals surface area contributed by atoms with Gasteiger partial charge in [0.2, 0.25) is 0 Å². The third kappa shape index (κ3) is 3.14. The van der Waals surface area contributed by atoms with Gasteiger partial charge < -0.3 is 4.98 Å². The van der Waals surface area contributed by atoms with Crippen LogP contribution in [0.3, 0.4) is 0 Å². The monoisotopic (exact) mass is 352 g/mol. The lowest BCUT2D eigenvalue weighted by Crippen LogP contribution is -2.30. The van der Waals surface area contributed by atoms with E-state index in [2.05, 4.69) is 15.0 Å². The van der Waals surface area contributed by atoms with Crippen molar-refractivity contribution in [1.82, 2.24) is 15.0 Å². The molecule has 5 nitrogen and oxygen atoms in total. The van der Waals surface area contributed by atoms with Gasteiger partial charge in [0.25, 0.3) is 5.91 Å². The maximum absolute atomic E-state index is 13.5. The minimum atomic E-state index is -0.322. The van der Waals surface area contributed by atoms with E-state index in [1.807, 2.05) is 18.2 Å². The molecule has 0 saturated carbocycles. The molecule has 1 N–H and O–H groups in total. The normalized spacial score (nSPS) is 10.9. The standard InChI is InChI=1S/C18H13FN4OS/c19-13-6-7-15-16(8-13)25-18(22-15)23(10-14-9-20-11-21-14)17(24)12-4-2-1-3-5-12/h1-9,11H,10H2,(H,20,21). The molecule has 0 radical (unpaired) electrons. The number of halogens is 1. The van der Waals surface area contributed by atoms with Crippen molar-refractivity contribution >= 4 is 32.6 Å². The zero-order valence-corrected chi connectivity index (χ0v) is 13.8. The van der Waals surface area contributed by atoms with Crippen molar-refractivity contribution in [2.45, 2.75) is 6.54 Å². The number of hydrogen-bond donors (Lipinski definition) is 1. The van der Waals surface area contributed by atoms with E-state index in [1.165, 1.54) is 23.5 Å². The quantitative estimate of drug-likeness (QED) is 0.604. The lowest BCUT2D eigenvalue weighted by molar-refractivity contribution is 0.0985. The van der Waals surface area contributed by atoms with E-state index in [-0.39, 0.29) is 11.7 Å². The van der Waals surface area contributed by atoms with Crippen LogP contribution in [0.15, 0.2) is 61.1 Å². The van der Waals surface area contributed by atoms with Gasteiger partial charge in [-0.05, 0) is 30.3 Å². The highest BCUT2D eigenvalue weighted by Crippen LogP contribution is 2.31. The van der Waals surface area contributed by atoms with Crippen molar-refractivity contribution in [1.29, 1.82) is 0 Å². The molecular weight excluding hydrogens is 339 g/mol. The van der Waals surface area contributed by atoms with Crippen LogP contribution in [0.5, 0.6) is 0 Å². The number of H-pyrrole nitrogens is 1. The Kier molecular flexibility index (Phi) is 3.99. The summed E-state index contributed by atoms with van der Waals surface area (Å²) in [6, 6.07) is 13.4. The number of hydrogen-bond acceptors (Lipinski definition) is 4. The molecule has 2 aromatic heterocycles. The first-order chi connectivity index (χ1) is 12.2. The van der Waals surface area contributed by atoms with Gasteiger partial charge in [0, 0.05) is 11.8 Å². The van der Waals surface area contributed by atoms with Gasteiger partial charge in [0.1, 0.15) is 5.82 Å². The van der Waals surface area contributed by atoms with Crippen molar-refractivity contribution in [2.75, 3.05) is 4.90 Å². The summed E-state index contributed by atoms with van der Waals surface area (Å²) in [7, 11) is 0. The number of aromatic amines is 1. The van der Waals surface area contributed by atoms with E-state index in [1.54, 1.807) is 35.6 Å². The molecule has 0 saturated heterocycles. The van der Waals surface area contributed by atoms with E-state index < -0.39 is 0 Å². The average Bonchev–Trinajstić information content (AvgIpc) is 3.28. The minimum absolute atomic E-state index is 0.172. The van der Waals surface area contributed by atoms with Gasteiger partial charge in [0.15, 0.2) is 5.13 Å². The Labute approximate surface area is 146 Å². The third-order valence-electron chi connectivity index (χ3n) is 3.72. The molecule has 2 aromatic carbocycles. The van der Waals surface area contributed by atoms with E-state index in [9.17, 15) is 9.18 Å². The lowest BCUT2D eigenvalue weighted by atomic mass is 10.2. The summed E-state index contributed by atoms with van der Waals surface area (Å²) >= 11 is 1.28. The molecule has 0 bridgehead atoms. The maximum atomic E-state index is 13.5. The molecule has 25 heavy (non-hydrogen) atoms. The van der Waals surface area contributed by atoms with E-state index in [0.717, 1.165) is 5.69 Å². The van der Waals surface area contributed by atoms with Crippen LogP contribution in [0.4, 0.5) is 9.52 Å². The summed E-state index contributed by atoms with van der Waals surface area (Å²) in [5.74, 6) is -0.494. The van der Waals surface area contributed by atoms with Gasteiger partial charge in [-0.1, -0.05) is 29.5 Å². The Bertz CT molecular complexity index is 1010. The van der Waals surface area contributed by atoms with Gasteiger partial charge in [-0.25, -0.2) is 14.4 Å². The van der Waals surface area contributed by atoms with E-state index in [4.69, 9.17) is 0 Å². The topological polar surface area (TPSA) is 61.9 Å². The number of fused-ring (bicyclic) bond motifs is 1. The Hall–Kier alpha value is -3.06. The Balaban J connectivity index is 1.77. The number of rotatable bonds is 4. The molecule has 0 atom stereocenters. The van der Waals surface area contributed by atoms with Crippen molar-refractivity contribution in [2.24, 2.45) is 0 Å². The number of carbonyl (C=O) groups is 1. The summed E-state index contributed by atoms with van der Waals surface area (Å²) < 4.78 is 14.2. The van der Waals surface area contributed by atoms with Crippen LogP contribution in [0.2, 0.25) is 0 Å². The lowest BCUT2D eigenvalue weighted by Gasteiger charge is -2.19. The molecule has 0 spiro atoms. The molecular formula is C18H13FN4OS. The Morgan fingerprint density at radius 2 is 2.04 bits per heavy atom. The number of aromatic nitrogens is 3. The predicted octanol–water partition coefficient (Wildman–Crippen LogP) is 4.01. The van der Waals surface area contributed by atoms with Gasteiger partial charge in [-0.15, -0.1) is 0 Å². The molecule has 0 fully saturated rings. The summed E-state index contributed by atoms with van der Waals surface area (Å²) in [5.41, 5.74) is 2.01. The fourth-order valence-electron chi connectivity index (χ4n) is 2.51. The summed E-state index contributed by atoms with van der Waals surface area (Å²) in [6.07, 6.45) is 3.23. The molecule has 7 heteroatoms. The highest BCUT2D eigenvalue weighted by Gasteiger charge is 2.22. The van der Waals surface area contributed by atoms with Crippen LogP contribution in [-0.2, 0) is 6.54 Å². The van der Waals surface area contributed by atoms with Gasteiger partial charge in [-0.3, -0.25) is 9.69 Å². The first-order valence-electron chi connectivity index (χ1n) is 7.61. The zero-order chi connectivity index (χ0) is 17.2. The third-order valence-corrected chi connectivity index (χ3v) is 4.76. The zero-order valence-electron chi connectivity index (χ0n) is 13.0. The van der Waals surface area contributed by atoms with E-state index in [0.29, 0.717) is 27.5 Å². The Morgan fingerprint density at radius 3 is 2.80 bits per heavy atom. The molecule has 2 heterocycles. The summed E-state index contributed by atoms with van der Waals surface area (Å²) in [6.45, 7) is 0.302. The molecule has 0 unspecified atom stereocenters. The number of amides is 1. The summed E-state index contributed by atoms with van der Waals surface area (Å²) in [4.78, 5) is 26.1. The van der Waals surface area contributed by atoms with E-state index >= 15 is 0 Å². The number of anilines is 1. The second-order valence-corrected chi connectivity index (χ2v) is 6.45. The first-order valence-corrected chi connectivity index (χ1v) is 8.42. The fraction of sp³-hybridized carbons (Fsp3) is 0.0556. The molecule has 4 rings (SSSR count). The second-order valence-electron chi connectivity index (χ2n) is 5.44. The molecule has 124 valence electrons. The molecule has 0 aliphatic heterocycles. The number of nitrogens with zero attached hydrogens (tertiary/aromatic N) is 3. The van der Waals surface area contributed by atoms with Crippen LogP contribution >= 0.6 is 11.3 Å². The average molecular weight is 352 g/mol.